The Kier molecular flexibility index (Phi) is 3.30. The molecular weight excluding hydrogens is 234 g/mol. The molecule has 0 spiro atoms. The number of anilines is 1. The van der Waals surface area contributed by atoms with Gasteiger partial charge in [-0.25, -0.2) is 9.78 Å². The Hall–Kier alpha value is -1.56. The first-order chi connectivity index (χ1) is 8.47. The molecule has 0 bridgehead atoms. The highest BCUT2D eigenvalue weighted by Crippen LogP contribution is 2.29. The average molecular weight is 253 g/mol. The van der Waals surface area contributed by atoms with Crippen LogP contribution in [-0.2, 0) is 16.0 Å². The van der Waals surface area contributed by atoms with Crippen molar-refractivity contribution in [3.63, 3.8) is 0 Å². The lowest BCUT2D eigenvalue weighted by Gasteiger charge is -2.24. The van der Waals surface area contributed by atoms with E-state index in [1.54, 1.807) is 0 Å². The Morgan fingerprint density at radius 3 is 2.94 bits per heavy atom. The Labute approximate surface area is 106 Å². The van der Waals surface area contributed by atoms with Gasteiger partial charge in [0.15, 0.2) is 5.69 Å². The molecule has 0 aromatic carbocycles. The van der Waals surface area contributed by atoms with Crippen molar-refractivity contribution in [2.24, 2.45) is 0 Å². The molecule has 2 heterocycles. The molecule has 0 radical (unpaired) electrons. The Balaban J connectivity index is 2.28. The van der Waals surface area contributed by atoms with E-state index in [1.165, 1.54) is 7.11 Å². The molecule has 18 heavy (non-hydrogen) atoms. The summed E-state index contributed by atoms with van der Waals surface area (Å²) >= 11 is 0. The van der Waals surface area contributed by atoms with Gasteiger partial charge in [-0.15, -0.1) is 0 Å². The van der Waals surface area contributed by atoms with E-state index in [2.05, 4.69) is 16.6 Å². The highest BCUT2D eigenvalue weighted by atomic mass is 16.5. The molecule has 1 aliphatic heterocycles. The van der Waals surface area contributed by atoms with Gasteiger partial charge in [-0.3, -0.25) is 0 Å². The summed E-state index contributed by atoms with van der Waals surface area (Å²) in [6.45, 7) is 5.25. The summed E-state index contributed by atoms with van der Waals surface area (Å²) in [4.78, 5) is 15.7. The van der Waals surface area contributed by atoms with Crippen LogP contribution in [0.15, 0.2) is 0 Å². The maximum Gasteiger partial charge on any atom is 0.360 e. The predicted octanol–water partition coefficient (Wildman–Crippen LogP) is 1.13. The molecule has 100 valence electrons. The smallest absolute Gasteiger partial charge is 0.360 e. The number of carbonyl (C=O) groups is 1. The maximum absolute atomic E-state index is 11.5. The zero-order valence-corrected chi connectivity index (χ0v) is 11.0. The normalized spacial score (nSPS) is 23.3. The SMILES string of the molecule is COC(=O)c1nc(C)n(CC2(C)CCCO2)c1N. The van der Waals surface area contributed by atoms with E-state index < -0.39 is 5.97 Å². The predicted molar refractivity (Wildman–Crippen MR) is 66.3 cm³/mol. The minimum atomic E-state index is -0.508. The fourth-order valence-electron chi connectivity index (χ4n) is 2.32. The van der Waals surface area contributed by atoms with Crippen LogP contribution in [0.25, 0.3) is 0 Å². The van der Waals surface area contributed by atoms with Crippen molar-refractivity contribution in [2.75, 3.05) is 19.5 Å². The first-order valence-corrected chi connectivity index (χ1v) is 6.02. The molecule has 1 saturated heterocycles. The summed E-state index contributed by atoms with van der Waals surface area (Å²) in [6.07, 6.45) is 2.03. The molecule has 0 aliphatic carbocycles. The van der Waals surface area contributed by atoms with Crippen LogP contribution in [0.4, 0.5) is 5.82 Å². The second-order valence-electron chi connectivity index (χ2n) is 4.87. The first kappa shape index (κ1) is 12.9. The fraction of sp³-hybridized carbons (Fsp3) is 0.667. The third kappa shape index (κ3) is 2.20. The van der Waals surface area contributed by atoms with E-state index in [0.717, 1.165) is 19.4 Å². The van der Waals surface area contributed by atoms with Crippen LogP contribution < -0.4 is 5.73 Å². The molecule has 1 atom stereocenters. The number of nitrogens with zero attached hydrogens (tertiary/aromatic N) is 2. The molecular formula is C12H19N3O3. The van der Waals surface area contributed by atoms with Crippen LogP contribution in [0.2, 0.25) is 0 Å². The van der Waals surface area contributed by atoms with E-state index in [1.807, 2.05) is 11.5 Å². The largest absolute Gasteiger partial charge is 0.464 e. The van der Waals surface area contributed by atoms with Crippen LogP contribution in [0, 0.1) is 6.92 Å². The highest BCUT2D eigenvalue weighted by molar-refractivity contribution is 5.92. The van der Waals surface area contributed by atoms with E-state index in [0.29, 0.717) is 18.2 Å². The lowest BCUT2D eigenvalue weighted by Crippen LogP contribution is -2.30. The van der Waals surface area contributed by atoms with Crippen molar-refractivity contribution in [3.8, 4) is 0 Å². The standard InChI is InChI=1S/C12H19N3O3/c1-8-14-9(11(16)17-3)10(13)15(8)7-12(2)5-4-6-18-12/h4-7,13H2,1-3H3. The molecule has 0 saturated carbocycles. The summed E-state index contributed by atoms with van der Waals surface area (Å²) in [5, 5.41) is 0. The van der Waals surface area contributed by atoms with Gasteiger partial charge < -0.3 is 19.8 Å². The summed E-state index contributed by atoms with van der Waals surface area (Å²) in [6, 6.07) is 0. The molecule has 1 aromatic heterocycles. The van der Waals surface area contributed by atoms with Crippen LogP contribution in [0.1, 0.15) is 36.1 Å². The van der Waals surface area contributed by atoms with Crippen molar-refractivity contribution >= 4 is 11.8 Å². The fourth-order valence-corrected chi connectivity index (χ4v) is 2.32. The molecule has 0 amide bonds. The molecule has 1 fully saturated rings. The van der Waals surface area contributed by atoms with E-state index in [-0.39, 0.29) is 11.3 Å². The van der Waals surface area contributed by atoms with Gasteiger partial charge in [-0.2, -0.15) is 0 Å². The second kappa shape index (κ2) is 4.61. The van der Waals surface area contributed by atoms with E-state index in [9.17, 15) is 4.79 Å². The molecule has 1 aliphatic rings. The van der Waals surface area contributed by atoms with Crippen LogP contribution in [0.5, 0.6) is 0 Å². The summed E-state index contributed by atoms with van der Waals surface area (Å²) in [5.41, 5.74) is 5.91. The summed E-state index contributed by atoms with van der Waals surface area (Å²) < 4.78 is 12.2. The zero-order chi connectivity index (χ0) is 13.3. The number of aryl methyl sites for hydroxylation is 1. The monoisotopic (exact) mass is 253 g/mol. The second-order valence-corrected chi connectivity index (χ2v) is 4.87. The van der Waals surface area contributed by atoms with Gasteiger partial charge in [0, 0.05) is 6.61 Å². The van der Waals surface area contributed by atoms with Crippen molar-refractivity contribution in [1.82, 2.24) is 9.55 Å². The minimum Gasteiger partial charge on any atom is -0.464 e. The molecule has 6 nitrogen and oxygen atoms in total. The molecule has 2 N–H and O–H groups in total. The zero-order valence-electron chi connectivity index (χ0n) is 11.0. The molecule has 1 unspecified atom stereocenters. The number of nitrogens with two attached hydrogens (primary N) is 1. The third-order valence-corrected chi connectivity index (χ3v) is 3.37. The number of rotatable bonds is 3. The lowest BCUT2D eigenvalue weighted by molar-refractivity contribution is 0.00619. The number of methoxy groups -OCH3 is 1. The van der Waals surface area contributed by atoms with Gasteiger partial charge in [0.1, 0.15) is 11.6 Å². The van der Waals surface area contributed by atoms with Crippen LogP contribution >= 0.6 is 0 Å². The highest BCUT2D eigenvalue weighted by Gasteiger charge is 2.32. The van der Waals surface area contributed by atoms with Gasteiger partial charge in [0.05, 0.1) is 19.3 Å². The van der Waals surface area contributed by atoms with Crippen LogP contribution in [-0.4, -0.2) is 34.8 Å². The number of aromatic nitrogens is 2. The van der Waals surface area contributed by atoms with Gasteiger partial charge in [0.2, 0.25) is 0 Å². The van der Waals surface area contributed by atoms with Crippen molar-refractivity contribution in [3.05, 3.63) is 11.5 Å². The van der Waals surface area contributed by atoms with Crippen molar-refractivity contribution in [2.45, 2.75) is 38.8 Å². The quantitative estimate of drug-likeness (QED) is 0.817. The van der Waals surface area contributed by atoms with Crippen LogP contribution in [0.3, 0.4) is 0 Å². The average Bonchev–Trinajstić information content (AvgIpc) is 2.88. The maximum atomic E-state index is 11.5. The molecule has 1 aromatic rings. The van der Waals surface area contributed by atoms with Gasteiger partial charge in [-0.1, -0.05) is 0 Å². The Bertz CT molecular complexity index is 461. The lowest BCUT2D eigenvalue weighted by atomic mass is 10.0. The third-order valence-electron chi connectivity index (χ3n) is 3.37. The summed E-state index contributed by atoms with van der Waals surface area (Å²) in [7, 11) is 1.32. The van der Waals surface area contributed by atoms with Crippen molar-refractivity contribution in [1.29, 1.82) is 0 Å². The number of esters is 1. The number of nitrogen functional groups attached to an aromatic ring is 1. The number of carbonyl (C=O) groups excluding carboxylic acids is 1. The minimum absolute atomic E-state index is 0.177. The van der Waals surface area contributed by atoms with E-state index >= 15 is 0 Å². The number of hydrogen-bond donors (Lipinski definition) is 1. The first-order valence-electron chi connectivity index (χ1n) is 6.02. The number of hydrogen-bond acceptors (Lipinski definition) is 5. The Morgan fingerprint density at radius 1 is 1.67 bits per heavy atom. The Morgan fingerprint density at radius 2 is 2.39 bits per heavy atom. The summed E-state index contributed by atoms with van der Waals surface area (Å²) in [5.74, 6) is 0.535. The molecule has 6 heteroatoms. The number of imidazole rings is 1. The topological polar surface area (TPSA) is 79.4 Å². The number of ether oxygens (including phenoxy) is 2. The van der Waals surface area contributed by atoms with Gasteiger partial charge >= 0.3 is 5.97 Å². The van der Waals surface area contributed by atoms with Crippen molar-refractivity contribution < 1.29 is 14.3 Å². The van der Waals surface area contributed by atoms with Gasteiger partial charge in [0.25, 0.3) is 0 Å². The van der Waals surface area contributed by atoms with Gasteiger partial charge in [-0.05, 0) is 26.7 Å². The molecule has 2 rings (SSSR count). The van der Waals surface area contributed by atoms with E-state index in [4.69, 9.17) is 10.5 Å².